The first-order valence-corrected chi connectivity index (χ1v) is 6.75. The molecular formula is C12H9N3S2. The topological polar surface area (TPSA) is 51.8 Å². The van der Waals surface area contributed by atoms with Crippen molar-refractivity contribution in [1.82, 2.24) is 9.97 Å². The second-order valence-corrected chi connectivity index (χ2v) is 5.43. The van der Waals surface area contributed by atoms with Gasteiger partial charge in [-0.05, 0) is 23.6 Å². The predicted molar refractivity (Wildman–Crippen MR) is 73.1 cm³/mol. The first kappa shape index (κ1) is 10.4. The highest BCUT2D eigenvalue weighted by atomic mass is 32.1. The Morgan fingerprint density at radius 1 is 1.18 bits per heavy atom. The van der Waals surface area contributed by atoms with E-state index in [2.05, 4.69) is 9.97 Å². The first-order valence-electron chi connectivity index (χ1n) is 5.05. The molecule has 0 bridgehead atoms. The summed E-state index contributed by atoms with van der Waals surface area (Å²) in [4.78, 5) is 9.78. The molecule has 0 unspecified atom stereocenters. The fraction of sp³-hybridized carbons (Fsp3) is 0. The van der Waals surface area contributed by atoms with Crippen LogP contribution in [0.3, 0.4) is 0 Å². The molecule has 0 fully saturated rings. The van der Waals surface area contributed by atoms with E-state index in [0.717, 1.165) is 26.1 Å². The number of thiazole rings is 1. The molecule has 0 aliphatic heterocycles. The lowest BCUT2D eigenvalue weighted by molar-refractivity contribution is 1.31. The monoisotopic (exact) mass is 259 g/mol. The summed E-state index contributed by atoms with van der Waals surface area (Å²) in [7, 11) is 0. The highest BCUT2D eigenvalue weighted by molar-refractivity contribution is 7.20. The van der Waals surface area contributed by atoms with Gasteiger partial charge in [0.05, 0.1) is 4.88 Å². The van der Waals surface area contributed by atoms with Crippen LogP contribution in [0.25, 0.3) is 21.1 Å². The van der Waals surface area contributed by atoms with Crippen LogP contribution in [0.2, 0.25) is 0 Å². The summed E-state index contributed by atoms with van der Waals surface area (Å²) in [5.74, 6) is 0. The van der Waals surface area contributed by atoms with Crippen LogP contribution >= 0.6 is 22.7 Å². The fourth-order valence-corrected chi connectivity index (χ4v) is 3.16. The van der Waals surface area contributed by atoms with Gasteiger partial charge in [0.25, 0.3) is 0 Å². The molecule has 0 radical (unpaired) electrons. The Kier molecular flexibility index (Phi) is 2.62. The van der Waals surface area contributed by atoms with Gasteiger partial charge in [-0.3, -0.25) is 4.98 Å². The van der Waals surface area contributed by atoms with E-state index < -0.39 is 0 Å². The Morgan fingerprint density at radius 3 is 2.82 bits per heavy atom. The number of thiophene rings is 1. The van der Waals surface area contributed by atoms with E-state index in [4.69, 9.17) is 5.73 Å². The van der Waals surface area contributed by atoms with Crippen molar-refractivity contribution in [3.8, 4) is 21.1 Å². The van der Waals surface area contributed by atoms with Gasteiger partial charge in [0.2, 0.25) is 0 Å². The number of rotatable bonds is 2. The summed E-state index contributed by atoms with van der Waals surface area (Å²) in [6.07, 6.45) is 3.55. The summed E-state index contributed by atoms with van der Waals surface area (Å²) < 4.78 is 0. The van der Waals surface area contributed by atoms with Gasteiger partial charge in [0.15, 0.2) is 0 Å². The van der Waals surface area contributed by atoms with E-state index in [0.29, 0.717) is 0 Å². The van der Waals surface area contributed by atoms with E-state index in [9.17, 15) is 0 Å². The van der Waals surface area contributed by atoms with Crippen molar-refractivity contribution in [1.29, 1.82) is 0 Å². The van der Waals surface area contributed by atoms with Crippen LogP contribution in [0.5, 0.6) is 0 Å². The van der Waals surface area contributed by atoms with Crippen LogP contribution in [0, 0.1) is 0 Å². The smallest absolute Gasteiger partial charge is 0.127 e. The van der Waals surface area contributed by atoms with E-state index in [1.165, 1.54) is 11.3 Å². The van der Waals surface area contributed by atoms with Crippen molar-refractivity contribution >= 4 is 27.7 Å². The fourth-order valence-electron chi connectivity index (χ4n) is 1.53. The Hall–Kier alpha value is -1.72. The minimum Gasteiger partial charge on any atom is -0.389 e. The third kappa shape index (κ3) is 1.94. The maximum atomic E-state index is 6.01. The van der Waals surface area contributed by atoms with Crippen LogP contribution in [-0.2, 0) is 0 Å². The summed E-state index contributed by atoms with van der Waals surface area (Å²) in [5.41, 5.74) is 7.90. The molecule has 2 N–H and O–H groups in total. The van der Waals surface area contributed by atoms with Crippen molar-refractivity contribution in [3.05, 3.63) is 42.0 Å². The molecule has 0 aliphatic carbocycles. The Bertz CT molecular complexity index is 615. The standard InChI is InChI=1S/C12H9N3S2/c13-11-10(9-4-2-6-16-9)15-12(17-11)8-3-1-5-14-7-8/h1-7H,13H2. The molecule has 3 heterocycles. The van der Waals surface area contributed by atoms with Crippen molar-refractivity contribution < 1.29 is 0 Å². The van der Waals surface area contributed by atoms with Gasteiger partial charge in [-0.2, -0.15) is 0 Å². The van der Waals surface area contributed by atoms with Gasteiger partial charge in [-0.1, -0.05) is 17.4 Å². The molecule has 0 aromatic carbocycles. The lowest BCUT2D eigenvalue weighted by atomic mass is 10.3. The van der Waals surface area contributed by atoms with Gasteiger partial charge in [0.1, 0.15) is 15.7 Å². The molecule has 0 aliphatic rings. The highest BCUT2D eigenvalue weighted by Gasteiger charge is 2.12. The average molecular weight is 259 g/mol. The summed E-state index contributed by atoms with van der Waals surface area (Å²) in [6.45, 7) is 0. The van der Waals surface area contributed by atoms with Crippen molar-refractivity contribution in [3.63, 3.8) is 0 Å². The quantitative estimate of drug-likeness (QED) is 0.766. The second kappa shape index (κ2) is 4.27. The molecule has 3 aromatic rings. The van der Waals surface area contributed by atoms with Crippen LogP contribution in [0.1, 0.15) is 0 Å². The zero-order valence-corrected chi connectivity index (χ0v) is 10.5. The number of aromatic nitrogens is 2. The number of nitrogens with zero attached hydrogens (tertiary/aromatic N) is 2. The number of nitrogen functional groups attached to an aromatic ring is 1. The normalized spacial score (nSPS) is 10.6. The molecule has 0 saturated heterocycles. The van der Waals surface area contributed by atoms with Crippen LogP contribution in [0.15, 0.2) is 42.0 Å². The van der Waals surface area contributed by atoms with Crippen LogP contribution < -0.4 is 5.73 Å². The average Bonchev–Trinajstić information content (AvgIpc) is 2.99. The molecule has 0 amide bonds. The largest absolute Gasteiger partial charge is 0.389 e. The SMILES string of the molecule is Nc1sc(-c2cccnc2)nc1-c1cccs1. The Labute approximate surface area is 107 Å². The van der Waals surface area contributed by atoms with E-state index in [1.54, 1.807) is 23.7 Å². The highest BCUT2D eigenvalue weighted by Crippen LogP contribution is 2.37. The molecule has 3 rings (SSSR count). The van der Waals surface area contributed by atoms with Gasteiger partial charge >= 0.3 is 0 Å². The Balaban J connectivity index is 2.08. The maximum absolute atomic E-state index is 6.01. The van der Waals surface area contributed by atoms with Gasteiger partial charge in [-0.25, -0.2) is 4.98 Å². The van der Waals surface area contributed by atoms with Crippen molar-refractivity contribution in [2.75, 3.05) is 5.73 Å². The third-order valence-electron chi connectivity index (χ3n) is 2.32. The number of hydrogen-bond donors (Lipinski definition) is 1. The van der Waals surface area contributed by atoms with Crippen LogP contribution in [0.4, 0.5) is 5.00 Å². The maximum Gasteiger partial charge on any atom is 0.127 e. The summed E-state index contributed by atoms with van der Waals surface area (Å²) >= 11 is 3.15. The van der Waals surface area contributed by atoms with E-state index in [-0.39, 0.29) is 0 Å². The second-order valence-electron chi connectivity index (χ2n) is 3.45. The molecule has 0 spiro atoms. The summed E-state index contributed by atoms with van der Waals surface area (Å²) in [5, 5.41) is 3.70. The van der Waals surface area contributed by atoms with Gasteiger partial charge in [0, 0.05) is 18.0 Å². The zero-order valence-electron chi connectivity index (χ0n) is 8.83. The molecule has 5 heteroatoms. The van der Waals surface area contributed by atoms with Crippen molar-refractivity contribution in [2.45, 2.75) is 0 Å². The van der Waals surface area contributed by atoms with Gasteiger partial charge < -0.3 is 5.73 Å². The molecule has 3 aromatic heterocycles. The van der Waals surface area contributed by atoms with Crippen molar-refractivity contribution in [2.24, 2.45) is 0 Å². The Morgan fingerprint density at radius 2 is 2.12 bits per heavy atom. The van der Waals surface area contributed by atoms with E-state index >= 15 is 0 Å². The molecule has 3 nitrogen and oxygen atoms in total. The minimum atomic E-state index is 0.756. The predicted octanol–water partition coefficient (Wildman–Crippen LogP) is 3.52. The lowest BCUT2D eigenvalue weighted by Gasteiger charge is -1.92. The molecule has 84 valence electrons. The summed E-state index contributed by atoms with van der Waals surface area (Å²) in [6, 6.07) is 7.92. The van der Waals surface area contributed by atoms with Gasteiger partial charge in [-0.15, -0.1) is 11.3 Å². The van der Waals surface area contributed by atoms with Crippen LogP contribution in [-0.4, -0.2) is 9.97 Å². The number of anilines is 1. The molecule has 0 atom stereocenters. The number of hydrogen-bond acceptors (Lipinski definition) is 5. The molecule has 17 heavy (non-hydrogen) atoms. The molecular weight excluding hydrogens is 250 g/mol. The molecule has 0 saturated carbocycles. The number of pyridine rings is 1. The van der Waals surface area contributed by atoms with E-state index in [1.807, 2.05) is 29.6 Å². The zero-order chi connectivity index (χ0) is 11.7. The minimum absolute atomic E-state index is 0.756. The number of nitrogens with two attached hydrogens (primary N) is 1. The first-order chi connectivity index (χ1) is 8.34. The lowest BCUT2D eigenvalue weighted by Crippen LogP contribution is -1.82. The third-order valence-corrected chi connectivity index (χ3v) is 4.13.